The summed E-state index contributed by atoms with van der Waals surface area (Å²) in [7, 11) is 1.60. The molecule has 6 rings (SSSR count). The number of anilines is 1. The van der Waals surface area contributed by atoms with Crippen LogP contribution in [-0.2, 0) is 11.3 Å². The Morgan fingerprint density at radius 3 is 2.38 bits per heavy atom. The lowest BCUT2D eigenvalue weighted by molar-refractivity contribution is 0.0322. The second-order valence-corrected chi connectivity index (χ2v) is 13.1. The van der Waals surface area contributed by atoms with Gasteiger partial charge in [0.05, 0.1) is 20.3 Å². The number of carbonyl (C=O) groups excluding carboxylic acids is 2. The maximum atomic E-state index is 14.2. The topological polar surface area (TPSA) is 71.5 Å². The van der Waals surface area contributed by atoms with Crippen LogP contribution in [-0.4, -0.2) is 80.8 Å². The molecule has 2 amide bonds. The van der Waals surface area contributed by atoms with E-state index in [1.165, 1.54) is 24.3 Å². The minimum atomic E-state index is -0.391. The summed E-state index contributed by atoms with van der Waals surface area (Å²) in [5.74, 6) is 0.815. The van der Waals surface area contributed by atoms with E-state index in [1.54, 1.807) is 18.1 Å². The van der Waals surface area contributed by atoms with E-state index in [0.29, 0.717) is 42.3 Å². The summed E-state index contributed by atoms with van der Waals surface area (Å²) in [5, 5.41) is 0. The Labute approximate surface area is 294 Å². The summed E-state index contributed by atoms with van der Waals surface area (Å²) >= 11 is 0. The summed E-state index contributed by atoms with van der Waals surface area (Å²) in [6.07, 6.45) is 3.46. The number of rotatable bonds is 13. The van der Waals surface area contributed by atoms with Gasteiger partial charge in [0.2, 0.25) is 0 Å². The summed E-state index contributed by atoms with van der Waals surface area (Å²) < 4.78 is 30.9. The lowest BCUT2D eigenvalue weighted by Crippen LogP contribution is -2.45. The molecule has 1 aliphatic carbocycles. The first-order chi connectivity index (χ1) is 24.5. The fourth-order valence-electron chi connectivity index (χ4n) is 6.95. The number of morpholine rings is 1. The van der Waals surface area contributed by atoms with Crippen LogP contribution in [0.15, 0.2) is 103 Å². The monoisotopic (exact) mass is 679 g/mol. The smallest absolute Gasteiger partial charge is 0.258 e. The van der Waals surface area contributed by atoms with Gasteiger partial charge in [-0.1, -0.05) is 48.9 Å². The van der Waals surface area contributed by atoms with Gasteiger partial charge < -0.3 is 24.0 Å². The molecule has 0 radical (unpaired) electrons. The Morgan fingerprint density at radius 2 is 1.60 bits per heavy atom. The second kappa shape index (κ2) is 17.3. The molecule has 0 bridgehead atoms. The summed E-state index contributed by atoms with van der Waals surface area (Å²) in [4.78, 5) is 34.4. The number of nitrogens with zero attached hydrogens (tertiary/aromatic N) is 3. The van der Waals surface area contributed by atoms with Gasteiger partial charge in [0.15, 0.2) is 0 Å². The first kappa shape index (κ1) is 35.1. The molecule has 2 aliphatic rings. The number of hydrogen-bond acceptors (Lipinski definition) is 6. The molecule has 4 aromatic rings. The van der Waals surface area contributed by atoms with Crippen molar-refractivity contribution < 1.29 is 28.2 Å². The molecule has 1 heterocycles. The van der Waals surface area contributed by atoms with E-state index in [2.05, 4.69) is 4.90 Å². The maximum Gasteiger partial charge on any atom is 0.258 e. The molecule has 0 N–H and O–H groups in total. The highest BCUT2D eigenvalue weighted by Crippen LogP contribution is 2.33. The molecular weight excluding hydrogens is 633 g/mol. The molecule has 0 aromatic heterocycles. The van der Waals surface area contributed by atoms with Crippen molar-refractivity contribution in [2.24, 2.45) is 5.92 Å². The highest BCUT2D eigenvalue weighted by atomic mass is 19.1. The fraction of sp³-hybridized carbons (Fsp3) is 0.366. The Kier molecular flexibility index (Phi) is 12.1. The van der Waals surface area contributed by atoms with E-state index in [1.807, 2.05) is 77.7 Å². The largest absolute Gasteiger partial charge is 0.497 e. The van der Waals surface area contributed by atoms with E-state index in [9.17, 15) is 14.0 Å². The number of carbonyl (C=O) groups is 2. The number of amides is 2. The van der Waals surface area contributed by atoms with Gasteiger partial charge in [0.1, 0.15) is 23.9 Å². The van der Waals surface area contributed by atoms with Crippen LogP contribution in [0.1, 0.15) is 52.0 Å². The van der Waals surface area contributed by atoms with Crippen molar-refractivity contribution in [1.29, 1.82) is 0 Å². The quantitative estimate of drug-likeness (QED) is 0.150. The third kappa shape index (κ3) is 9.28. The predicted octanol–water partition coefficient (Wildman–Crippen LogP) is 7.09. The molecule has 2 atom stereocenters. The van der Waals surface area contributed by atoms with E-state index in [-0.39, 0.29) is 23.8 Å². The summed E-state index contributed by atoms with van der Waals surface area (Å²) in [6.45, 7) is 5.50. The van der Waals surface area contributed by atoms with Crippen LogP contribution in [0.5, 0.6) is 11.5 Å². The van der Waals surface area contributed by atoms with Crippen molar-refractivity contribution in [2.75, 3.05) is 58.0 Å². The standard InChI is InChI=1S/C41H46FN3O5/c1-48-38-14-6-11-34(27-38)41(47)44(29-31-8-3-2-4-9-31)36-12-5-10-32(26-36)30-45(40(46)33-16-18-35(42)19-17-33)37-13-7-15-39(28-37)50-25-22-43-20-23-49-24-21-43/h2-4,6-9,11,13-19,27-28,32,36H,5,10,12,20-26,29-30H2,1H3. The van der Waals surface area contributed by atoms with Crippen molar-refractivity contribution in [3.8, 4) is 11.5 Å². The van der Waals surface area contributed by atoms with Crippen molar-refractivity contribution >= 4 is 17.5 Å². The maximum absolute atomic E-state index is 14.2. The van der Waals surface area contributed by atoms with Gasteiger partial charge in [-0.25, -0.2) is 4.39 Å². The van der Waals surface area contributed by atoms with Crippen LogP contribution < -0.4 is 14.4 Å². The zero-order valence-electron chi connectivity index (χ0n) is 28.7. The third-order valence-corrected chi connectivity index (χ3v) is 9.66. The van der Waals surface area contributed by atoms with Crippen LogP contribution in [0.2, 0.25) is 0 Å². The average molecular weight is 680 g/mol. The Hall–Kier alpha value is -4.73. The van der Waals surface area contributed by atoms with Crippen molar-refractivity contribution in [3.63, 3.8) is 0 Å². The number of hydrogen-bond donors (Lipinski definition) is 0. The normalized spacial score (nSPS) is 17.9. The number of methoxy groups -OCH3 is 1. The van der Waals surface area contributed by atoms with Gasteiger partial charge in [-0.3, -0.25) is 14.5 Å². The number of benzene rings is 4. The van der Waals surface area contributed by atoms with Gasteiger partial charge >= 0.3 is 0 Å². The van der Waals surface area contributed by atoms with Crippen molar-refractivity contribution in [3.05, 3.63) is 126 Å². The molecule has 1 saturated carbocycles. The second-order valence-electron chi connectivity index (χ2n) is 13.1. The Bertz CT molecular complexity index is 1700. The molecule has 2 unspecified atom stereocenters. The average Bonchev–Trinajstić information content (AvgIpc) is 3.17. The molecule has 8 nitrogen and oxygen atoms in total. The molecular formula is C41H46FN3O5. The van der Waals surface area contributed by atoms with Gasteiger partial charge in [-0.15, -0.1) is 0 Å². The fourth-order valence-corrected chi connectivity index (χ4v) is 6.95. The minimum Gasteiger partial charge on any atom is -0.497 e. The zero-order valence-corrected chi connectivity index (χ0v) is 28.7. The minimum absolute atomic E-state index is 0.0229. The highest BCUT2D eigenvalue weighted by Gasteiger charge is 2.33. The zero-order chi connectivity index (χ0) is 34.7. The van der Waals surface area contributed by atoms with Crippen LogP contribution in [0.3, 0.4) is 0 Å². The SMILES string of the molecule is COc1cccc(C(=O)N(Cc2ccccc2)C2CCCC(CN(C(=O)c3ccc(F)cc3)c3cccc(OCCN4CCOCC4)c3)C2)c1. The first-order valence-corrected chi connectivity index (χ1v) is 17.6. The molecule has 1 aliphatic heterocycles. The molecule has 262 valence electrons. The molecule has 0 spiro atoms. The van der Waals surface area contributed by atoms with E-state index in [0.717, 1.165) is 69.8 Å². The van der Waals surface area contributed by atoms with E-state index in [4.69, 9.17) is 14.2 Å². The van der Waals surface area contributed by atoms with E-state index >= 15 is 0 Å². The van der Waals surface area contributed by atoms with Gasteiger partial charge in [-0.2, -0.15) is 0 Å². The summed E-state index contributed by atoms with van der Waals surface area (Å²) in [5.41, 5.74) is 2.78. The lowest BCUT2D eigenvalue weighted by Gasteiger charge is -2.39. The van der Waals surface area contributed by atoms with Crippen LogP contribution in [0.4, 0.5) is 10.1 Å². The van der Waals surface area contributed by atoms with Gasteiger partial charge in [0.25, 0.3) is 11.8 Å². The first-order valence-electron chi connectivity index (χ1n) is 17.6. The Balaban J connectivity index is 1.23. The van der Waals surface area contributed by atoms with Gasteiger partial charge in [-0.05, 0) is 85.3 Å². The molecule has 50 heavy (non-hydrogen) atoms. The van der Waals surface area contributed by atoms with Crippen molar-refractivity contribution in [2.45, 2.75) is 38.3 Å². The predicted molar refractivity (Wildman–Crippen MR) is 192 cm³/mol. The molecule has 4 aromatic carbocycles. The number of halogens is 1. The van der Waals surface area contributed by atoms with E-state index < -0.39 is 5.82 Å². The molecule has 9 heteroatoms. The Morgan fingerprint density at radius 1 is 0.840 bits per heavy atom. The third-order valence-electron chi connectivity index (χ3n) is 9.66. The highest BCUT2D eigenvalue weighted by molar-refractivity contribution is 6.06. The van der Waals surface area contributed by atoms with Crippen LogP contribution in [0.25, 0.3) is 0 Å². The van der Waals surface area contributed by atoms with Crippen LogP contribution >= 0.6 is 0 Å². The number of ether oxygens (including phenoxy) is 3. The lowest BCUT2D eigenvalue weighted by atomic mass is 9.84. The summed E-state index contributed by atoms with van der Waals surface area (Å²) in [6, 6.07) is 30.7. The van der Waals surface area contributed by atoms with Crippen LogP contribution in [0, 0.1) is 11.7 Å². The van der Waals surface area contributed by atoms with Crippen molar-refractivity contribution in [1.82, 2.24) is 9.80 Å². The molecule has 1 saturated heterocycles. The molecule has 2 fully saturated rings. The van der Waals surface area contributed by atoms with Gasteiger partial charge in [0, 0.05) is 61.6 Å².